The average molecular weight is 473 g/mol. The Bertz CT molecular complexity index is 1400. The Morgan fingerprint density at radius 3 is 1.50 bits per heavy atom. The summed E-state index contributed by atoms with van der Waals surface area (Å²) in [7, 11) is 0. The molecular weight excluding hydrogens is 448 g/mol. The van der Waals surface area contributed by atoms with Gasteiger partial charge in [0, 0.05) is 17.8 Å². The molecule has 4 aromatic carbocycles. The summed E-state index contributed by atoms with van der Waals surface area (Å²) in [4.78, 5) is 12.5. The number of allylic oxidation sites excluding steroid dienone is 1. The number of azo groups is 2. The lowest BCUT2D eigenvalue weighted by Crippen LogP contribution is -2.15. The van der Waals surface area contributed by atoms with Gasteiger partial charge < -0.3 is 10.6 Å². The molecule has 0 bridgehead atoms. The molecule has 1 aliphatic rings. The Labute approximate surface area is 209 Å². The van der Waals surface area contributed by atoms with Crippen molar-refractivity contribution >= 4 is 39.9 Å². The van der Waals surface area contributed by atoms with Crippen LogP contribution in [0, 0.1) is 0 Å². The predicted octanol–water partition coefficient (Wildman–Crippen LogP) is 8.27. The fourth-order valence-electron chi connectivity index (χ4n) is 3.69. The van der Waals surface area contributed by atoms with Gasteiger partial charge in [-0.1, -0.05) is 36.4 Å². The van der Waals surface area contributed by atoms with E-state index in [1.165, 1.54) is 0 Å². The van der Waals surface area contributed by atoms with Gasteiger partial charge in [0.1, 0.15) is 0 Å². The maximum atomic E-state index is 12.5. The number of benzene rings is 4. The molecule has 7 nitrogen and oxygen atoms in total. The second-order valence-electron chi connectivity index (χ2n) is 8.25. The third-order valence-electron chi connectivity index (χ3n) is 5.51. The molecule has 0 fully saturated rings. The van der Waals surface area contributed by atoms with Crippen molar-refractivity contribution in [1.29, 1.82) is 0 Å². The van der Waals surface area contributed by atoms with Gasteiger partial charge in [0.2, 0.25) is 0 Å². The molecule has 1 unspecified atom stereocenters. The molecular formula is C29H24N6O. The Kier molecular flexibility index (Phi) is 6.99. The number of rotatable bonds is 8. The van der Waals surface area contributed by atoms with Crippen LogP contribution in [-0.4, -0.2) is 11.8 Å². The number of Topliss-reactive ketones (excluding diaryl/α,β-unsaturated/α-hetero) is 1. The highest BCUT2D eigenvalue weighted by atomic mass is 16.1. The molecule has 0 aliphatic heterocycles. The zero-order valence-electron chi connectivity index (χ0n) is 19.5. The molecule has 0 amide bonds. The molecule has 0 radical (unpaired) electrons. The van der Waals surface area contributed by atoms with E-state index in [0.717, 1.165) is 34.1 Å². The SMILES string of the molecule is O=C1CC(Nc2ccc(N=Nc3ccccc3)cc2)C=C1Nc1ccc(N=Nc2ccccc2)cc1. The highest BCUT2D eigenvalue weighted by molar-refractivity contribution is 6.01. The molecule has 0 aromatic heterocycles. The molecule has 1 aliphatic carbocycles. The summed E-state index contributed by atoms with van der Waals surface area (Å²) in [5, 5.41) is 23.6. The maximum absolute atomic E-state index is 12.5. The van der Waals surface area contributed by atoms with Crippen LogP contribution >= 0.6 is 0 Å². The first-order valence-corrected chi connectivity index (χ1v) is 11.6. The van der Waals surface area contributed by atoms with Crippen LogP contribution in [0.25, 0.3) is 0 Å². The van der Waals surface area contributed by atoms with Crippen LogP contribution in [0.15, 0.2) is 141 Å². The molecule has 2 N–H and O–H groups in total. The van der Waals surface area contributed by atoms with Gasteiger partial charge in [0.15, 0.2) is 5.78 Å². The van der Waals surface area contributed by atoms with Gasteiger partial charge in [-0.25, -0.2) is 0 Å². The minimum Gasteiger partial charge on any atom is -0.378 e. The summed E-state index contributed by atoms with van der Waals surface area (Å²) in [6.45, 7) is 0. The zero-order valence-corrected chi connectivity index (χ0v) is 19.5. The van der Waals surface area contributed by atoms with E-state index in [0.29, 0.717) is 12.1 Å². The summed E-state index contributed by atoms with van der Waals surface area (Å²) in [6.07, 6.45) is 2.32. The van der Waals surface area contributed by atoms with E-state index in [2.05, 4.69) is 31.1 Å². The fraction of sp³-hybridized carbons (Fsp3) is 0.0690. The van der Waals surface area contributed by atoms with Gasteiger partial charge in [-0.3, -0.25) is 4.79 Å². The van der Waals surface area contributed by atoms with Crippen molar-refractivity contribution in [1.82, 2.24) is 0 Å². The third kappa shape index (κ3) is 6.15. The van der Waals surface area contributed by atoms with Crippen LogP contribution < -0.4 is 10.6 Å². The number of anilines is 2. The van der Waals surface area contributed by atoms with E-state index in [4.69, 9.17) is 0 Å². The maximum Gasteiger partial charge on any atom is 0.181 e. The van der Waals surface area contributed by atoms with Crippen LogP contribution in [0.1, 0.15) is 6.42 Å². The minimum atomic E-state index is -0.0873. The number of ketones is 1. The fourth-order valence-corrected chi connectivity index (χ4v) is 3.69. The quantitative estimate of drug-likeness (QED) is 0.253. The van der Waals surface area contributed by atoms with Crippen LogP contribution in [0.2, 0.25) is 0 Å². The molecule has 176 valence electrons. The van der Waals surface area contributed by atoms with E-state index in [1.807, 2.05) is 115 Å². The monoisotopic (exact) mass is 472 g/mol. The van der Waals surface area contributed by atoms with Gasteiger partial charge >= 0.3 is 0 Å². The standard InChI is InChI=1S/C29H24N6O/c36-29-20-27(30-21-11-15-25(16-12-21)34-32-23-7-3-1-4-8-23)19-28(29)31-22-13-17-26(18-14-22)35-33-24-9-5-2-6-10-24/h1-19,27,30-31H,20H2. The van der Waals surface area contributed by atoms with Crippen molar-refractivity contribution in [2.45, 2.75) is 12.5 Å². The molecule has 0 saturated carbocycles. The molecule has 0 heterocycles. The molecule has 4 aromatic rings. The number of nitrogens with one attached hydrogen (secondary N) is 2. The number of carbonyl (C=O) groups is 1. The third-order valence-corrected chi connectivity index (χ3v) is 5.51. The van der Waals surface area contributed by atoms with E-state index >= 15 is 0 Å². The number of hydrogen-bond donors (Lipinski definition) is 2. The second kappa shape index (κ2) is 11.0. The Morgan fingerprint density at radius 2 is 1.00 bits per heavy atom. The molecule has 0 saturated heterocycles. The van der Waals surface area contributed by atoms with Crippen molar-refractivity contribution in [3.05, 3.63) is 121 Å². The Morgan fingerprint density at radius 1 is 0.556 bits per heavy atom. The van der Waals surface area contributed by atoms with Gasteiger partial charge in [-0.2, -0.15) is 20.5 Å². The average Bonchev–Trinajstić information content (AvgIpc) is 3.27. The molecule has 0 spiro atoms. The highest BCUT2D eigenvalue weighted by Gasteiger charge is 2.24. The Hall–Kier alpha value is -4.91. The van der Waals surface area contributed by atoms with Crippen molar-refractivity contribution in [3.8, 4) is 0 Å². The van der Waals surface area contributed by atoms with E-state index < -0.39 is 0 Å². The van der Waals surface area contributed by atoms with Gasteiger partial charge in [-0.05, 0) is 78.9 Å². The van der Waals surface area contributed by atoms with E-state index in [-0.39, 0.29) is 11.8 Å². The normalized spacial score (nSPS) is 15.4. The Balaban J connectivity index is 1.17. The van der Waals surface area contributed by atoms with Gasteiger partial charge in [0.05, 0.1) is 34.5 Å². The lowest BCUT2D eigenvalue weighted by molar-refractivity contribution is -0.114. The summed E-state index contributed by atoms with van der Waals surface area (Å²) >= 11 is 0. The van der Waals surface area contributed by atoms with Crippen LogP contribution in [0.4, 0.5) is 34.1 Å². The summed E-state index contributed by atoms with van der Waals surface area (Å²) in [5.41, 5.74) is 5.42. The smallest absolute Gasteiger partial charge is 0.181 e. The van der Waals surface area contributed by atoms with Crippen LogP contribution in [0.3, 0.4) is 0 Å². The summed E-state index contributed by atoms with van der Waals surface area (Å²) in [5.74, 6) is 0.0635. The van der Waals surface area contributed by atoms with Crippen molar-refractivity contribution in [2.24, 2.45) is 20.5 Å². The minimum absolute atomic E-state index is 0.0635. The van der Waals surface area contributed by atoms with Crippen molar-refractivity contribution < 1.29 is 4.79 Å². The summed E-state index contributed by atoms with van der Waals surface area (Å²) < 4.78 is 0. The second-order valence-corrected chi connectivity index (χ2v) is 8.25. The number of nitrogens with zero attached hydrogens (tertiary/aromatic N) is 4. The van der Waals surface area contributed by atoms with Crippen LogP contribution in [0.5, 0.6) is 0 Å². The van der Waals surface area contributed by atoms with Crippen molar-refractivity contribution in [3.63, 3.8) is 0 Å². The van der Waals surface area contributed by atoms with Gasteiger partial charge in [-0.15, -0.1) is 0 Å². The van der Waals surface area contributed by atoms with E-state index in [1.54, 1.807) is 0 Å². The molecule has 7 heteroatoms. The molecule has 5 rings (SSSR count). The van der Waals surface area contributed by atoms with Gasteiger partial charge in [0.25, 0.3) is 0 Å². The zero-order chi connectivity index (χ0) is 24.6. The topological polar surface area (TPSA) is 90.6 Å². The summed E-state index contributed by atoms with van der Waals surface area (Å²) in [6, 6.07) is 34.2. The first-order chi connectivity index (χ1) is 17.7. The lowest BCUT2D eigenvalue weighted by atomic mass is 10.2. The predicted molar refractivity (Wildman–Crippen MR) is 143 cm³/mol. The van der Waals surface area contributed by atoms with Crippen LogP contribution in [-0.2, 0) is 4.79 Å². The number of hydrogen-bond acceptors (Lipinski definition) is 7. The van der Waals surface area contributed by atoms with Crippen molar-refractivity contribution in [2.75, 3.05) is 10.6 Å². The first-order valence-electron chi connectivity index (χ1n) is 11.6. The highest BCUT2D eigenvalue weighted by Crippen LogP contribution is 2.25. The number of carbonyl (C=O) groups excluding carboxylic acids is 1. The molecule has 36 heavy (non-hydrogen) atoms. The molecule has 1 atom stereocenters. The van der Waals surface area contributed by atoms with E-state index in [9.17, 15) is 4.79 Å². The first kappa shape index (κ1) is 22.9. The lowest BCUT2D eigenvalue weighted by Gasteiger charge is -2.11. The largest absolute Gasteiger partial charge is 0.378 e.